The van der Waals surface area contributed by atoms with Gasteiger partial charge in [-0.3, -0.25) is 0 Å². The molecule has 2 amide bonds. The van der Waals surface area contributed by atoms with Gasteiger partial charge in [0.15, 0.2) is 0 Å². The molecular weight excluding hydrogens is 302 g/mol. The van der Waals surface area contributed by atoms with E-state index in [1.165, 1.54) is 0 Å². The quantitative estimate of drug-likeness (QED) is 0.932. The first-order valence-corrected chi connectivity index (χ1v) is 7.05. The van der Waals surface area contributed by atoms with Crippen molar-refractivity contribution >= 4 is 39.1 Å². The summed E-state index contributed by atoms with van der Waals surface area (Å²) in [5.41, 5.74) is 5.87. The van der Waals surface area contributed by atoms with Gasteiger partial charge in [0.1, 0.15) is 11.9 Å². The molecular formula is C11H14BrN3OS. The van der Waals surface area contributed by atoms with Crippen LogP contribution in [-0.2, 0) is 0 Å². The Hall–Kier alpha value is -0.880. The first-order chi connectivity index (χ1) is 8.00. The highest BCUT2D eigenvalue weighted by molar-refractivity contribution is 9.10. The van der Waals surface area contributed by atoms with E-state index in [0.717, 1.165) is 9.35 Å². The zero-order valence-electron chi connectivity index (χ0n) is 9.68. The number of aliphatic imine (C=N–C) groups is 1. The number of carbonyl (C=O) groups excluding carboxylic acids is 1. The molecule has 1 atom stereocenters. The number of halogens is 1. The molecule has 0 bridgehead atoms. The van der Waals surface area contributed by atoms with E-state index in [1.807, 2.05) is 11.4 Å². The topological polar surface area (TPSA) is 58.7 Å². The molecule has 0 saturated carbocycles. The lowest BCUT2D eigenvalue weighted by molar-refractivity contribution is 0.199. The van der Waals surface area contributed by atoms with Gasteiger partial charge in [-0.1, -0.05) is 13.8 Å². The Morgan fingerprint density at radius 1 is 1.65 bits per heavy atom. The lowest BCUT2D eigenvalue weighted by Gasteiger charge is -2.25. The van der Waals surface area contributed by atoms with Crippen molar-refractivity contribution in [3.63, 3.8) is 0 Å². The first kappa shape index (κ1) is 12.6. The number of nitrogens with two attached hydrogens (primary N) is 1. The minimum Gasteiger partial charge on any atom is -0.385 e. The summed E-state index contributed by atoms with van der Waals surface area (Å²) in [4.78, 5) is 18.4. The molecule has 1 aliphatic heterocycles. The van der Waals surface area contributed by atoms with Crippen LogP contribution < -0.4 is 5.73 Å². The first-order valence-electron chi connectivity index (χ1n) is 5.38. The van der Waals surface area contributed by atoms with E-state index in [0.29, 0.717) is 18.3 Å². The number of carbonyl (C=O) groups is 1. The highest BCUT2D eigenvalue weighted by Crippen LogP contribution is 2.36. The molecule has 2 rings (SSSR count). The van der Waals surface area contributed by atoms with Gasteiger partial charge in [0.2, 0.25) is 0 Å². The number of amides is 2. The smallest absolute Gasteiger partial charge is 0.346 e. The maximum absolute atomic E-state index is 11.8. The maximum atomic E-state index is 11.8. The Balaban J connectivity index is 2.33. The largest absolute Gasteiger partial charge is 0.385 e. The summed E-state index contributed by atoms with van der Waals surface area (Å²) in [7, 11) is 0. The molecule has 0 fully saturated rings. The summed E-state index contributed by atoms with van der Waals surface area (Å²) in [6.07, 6.45) is 0. The minimum absolute atomic E-state index is 0.209. The maximum Gasteiger partial charge on any atom is 0.346 e. The number of nitrogens with zero attached hydrogens (tertiary/aromatic N) is 2. The molecule has 4 nitrogen and oxygen atoms in total. The summed E-state index contributed by atoms with van der Waals surface area (Å²) in [5, 5.41) is 1.98. The van der Waals surface area contributed by atoms with Crippen molar-refractivity contribution in [2.75, 3.05) is 6.54 Å². The van der Waals surface area contributed by atoms with Gasteiger partial charge >= 0.3 is 6.03 Å². The zero-order chi connectivity index (χ0) is 12.6. The van der Waals surface area contributed by atoms with Crippen LogP contribution in [-0.4, -0.2) is 23.3 Å². The van der Waals surface area contributed by atoms with Gasteiger partial charge in [0, 0.05) is 15.9 Å². The van der Waals surface area contributed by atoms with Crippen LogP contribution in [0.3, 0.4) is 0 Å². The van der Waals surface area contributed by atoms with Crippen molar-refractivity contribution in [1.29, 1.82) is 0 Å². The molecule has 2 N–H and O–H groups in total. The van der Waals surface area contributed by atoms with Crippen LogP contribution in [0.2, 0.25) is 0 Å². The molecule has 17 heavy (non-hydrogen) atoms. The van der Waals surface area contributed by atoms with Gasteiger partial charge in [0.05, 0.1) is 0 Å². The van der Waals surface area contributed by atoms with E-state index >= 15 is 0 Å². The molecule has 0 spiro atoms. The van der Waals surface area contributed by atoms with Gasteiger partial charge in [-0.15, -0.1) is 11.3 Å². The van der Waals surface area contributed by atoms with E-state index in [-0.39, 0.29) is 12.1 Å². The summed E-state index contributed by atoms with van der Waals surface area (Å²) in [6, 6.07) is 1.52. The van der Waals surface area contributed by atoms with Crippen molar-refractivity contribution < 1.29 is 4.79 Å². The second-order valence-electron chi connectivity index (χ2n) is 4.40. The van der Waals surface area contributed by atoms with E-state index in [9.17, 15) is 4.79 Å². The fraction of sp³-hybridized carbons (Fsp3) is 0.455. The standard InChI is InChI=1S/C11H14BrN3OS/c1-6(2)5-15-8(10(13)14-11(15)16)9-7(12)3-4-17-9/h3-4,6,8H,5H2,1-2H3,(H2,13,14,16). The third-order valence-electron chi connectivity index (χ3n) is 2.52. The number of hydrogen-bond acceptors (Lipinski definition) is 3. The van der Waals surface area contributed by atoms with E-state index in [4.69, 9.17) is 5.73 Å². The second-order valence-corrected chi connectivity index (χ2v) is 6.20. The van der Waals surface area contributed by atoms with Crippen molar-refractivity contribution in [2.45, 2.75) is 19.9 Å². The van der Waals surface area contributed by atoms with Crippen molar-refractivity contribution in [3.05, 3.63) is 20.8 Å². The van der Waals surface area contributed by atoms with Crippen molar-refractivity contribution in [3.8, 4) is 0 Å². The Labute approximate surface area is 113 Å². The predicted octanol–water partition coefficient (Wildman–Crippen LogP) is 3.00. The predicted molar refractivity (Wildman–Crippen MR) is 73.3 cm³/mol. The van der Waals surface area contributed by atoms with Gasteiger partial charge in [-0.05, 0) is 33.3 Å². The average Bonchev–Trinajstić information content (AvgIpc) is 2.72. The summed E-state index contributed by atoms with van der Waals surface area (Å²) >= 11 is 5.06. The molecule has 1 aromatic heterocycles. The lowest BCUT2D eigenvalue weighted by atomic mass is 10.1. The molecule has 0 radical (unpaired) electrons. The third-order valence-corrected chi connectivity index (χ3v) is 4.44. The SMILES string of the molecule is CC(C)CN1C(=O)N=C(N)C1c1sccc1Br. The van der Waals surface area contributed by atoms with Gasteiger partial charge in [0.25, 0.3) is 0 Å². The van der Waals surface area contributed by atoms with Crippen LogP contribution in [0.4, 0.5) is 4.79 Å². The minimum atomic E-state index is -0.235. The van der Waals surface area contributed by atoms with E-state index in [2.05, 4.69) is 34.8 Å². The normalized spacial score (nSPS) is 20.2. The third kappa shape index (κ3) is 2.37. The van der Waals surface area contributed by atoms with Crippen molar-refractivity contribution in [2.24, 2.45) is 16.6 Å². The monoisotopic (exact) mass is 315 g/mol. The van der Waals surface area contributed by atoms with Crippen LogP contribution >= 0.6 is 27.3 Å². The Morgan fingerprint density at radius 2 is 2.35 bits per heavy atom. The number of amidine groups is 1. The number of rotatable bonds is 3. The highest BCUT2D eigenvalue weighted by Gasteiger charge is 2.36. The fourth-order valence-electron chi connectivity index (χ4n) is 1.86. The zero-order valence-corrected chi connectivity index (χ0v) is 12.1. The average molecular weight is 316 g/mol. The second kappa shape index (κ2) is 4.78. The van der Waals surface area contributed by atoms with Gasteiger partial charge < -0.3 is 10.6 Å². The Morgan fingerprint density at radius 3 is 2.88 bits per heavy atom. The summed E-state index contributed by atoms with van der Waals surface area (Å²) < 4.78 is 0.981. The van der Waals surface area contributed by atoms with E-state index in [1.54, 1.807) is 16.2 Å². The van der Waals surface area contributed by atoms with Crippen LogP contribution in [0.5, 0.6) is 0 Å². The molecule has 0 saturated heterocycles. The molecule has 6 heteroatoms. The van der Waals surface area contributed by atoms with Crippen LogP contribution in [0, 0.1) is 5.92 Å². The molecule has 2 heterocycles. The Bertz CT molecular complexity index is 469. The van der Waals surface area contributed by atoms with Crippen LogP contribution in [0.15, 0.2) is 20.9 Å². The molecule has 92 valence electrons. The molecule has 1 aromatic rings. The lowest BCUT2D eigenvalue weighted by Crippen LogP contribution is -2.35. The summed E-state index contributed by atoms with van der Waals surface area (Å²) in [6.45, 7) is 4.81. The van der Waals surface area contributed by atoms with Crippen LogP contribution in [0.25, 0.3) is 0 Å². The molecule has 1 unspecified atom stereocenters. The molecule has 1 aliphatic rings. The Kier molecular flexibility index (Phi) is 3.53. The number of hydrogen-bond donors (Lipinski definition) is 1. The molecule has 0 aromatic carbocycles. The number of urea groups is 1. The van der Waals surface area contributed by atoms with Crippen LogP contribution in [0.1, 0.15) is 24.8 Å². The fourth-order valence-corrected chi connectivity index (χ4v) is 3.57. The number of thiophene rings is 1. The van der Waals surface area contributed by atoms with Gasteiger partial charge in [-0.2, -0.15) is 4.99 Å². The van der Waals surface area contributed by atoms with Crippen molar-refractivity contribution in [1.82, 2.24) is 4.90 Å². The summed E-state index contributed by atoms with van der Waals surface area (Å²) in [5.74, 6) is 0.778. The van der Waals surface area contributed by atoms with E-state index < -0.39 is 0 Å². The highest BCUT2D eigenvalue weighted by atomic mass is 79.9. The van der Waals surface area contributed by atoms with Gasteiger partial charge in [-0.25, -0.2) is 4.79 Å². The molecule has 0 aliphatic carbocycles.